The maximum atomic E-state index is 5.49. The summed E-state index contributed by atoms with van der Waals surface area (Å²) in [6.07, 6.45) is 9.08. The summed E-state index contributed by atoms with van der Waals surface area (Å²) >= 11 is 1.67. The second-order valence-electron chi connectivity index (χ2n) is 4.53. The highest BCUT2D eigenvalue weighted by Crippen LogP contribution is 2.17. The van der Waals surface area contributed by atoms with E-state index in [2.05, 4.69) is 20.7 Å². The van der Waals surface area contributed by atoms with E-state index < -0.39 is 0 Å². The zero-order chi connectivity index (χ0) is 12.6. The quantitative estimate of drug-likeness (QED) is 0.334. The summed E-state index contributed by atoms with van der Waals surface area (Å²) in [6.45, 7) is 0.715. The predicted molar refractivity (Wildman–Crippen MR) is 75.5 cm³/mol. The lowest BCUT2D eigenvalue weighted by atomic mass is 9.96. The number of guanidine groups is 1. The minimum atomic E-state index is 0.522. The lowest BCUT2D eigenvalue weighted by Gasteiger charge is -2.24. The van der Waals surface area contributed by atoms with Crippen LogP contribution in [0.15, 0.2) is 16.6 Å². The van der Waals surface area contributed by atoms with Crippen LogP contribution in [0.5, 0.6) is 0 Å². The molecule has 0 radical (unpaired) electrons. The van der Waals surface area contributed by atoms with Crippen molar-refractivity contribution in [1.82, 2.24) is 15.7 Å². The number of hydrazine groups is 1. The molecule has 2 rings (SSSR count). The SMILES string of the molecule is NNC(=NCCc1nccs1)NC1CCCCC1. The van der Waals surface area contributed by atoms with Crippen LogP contribution >= 0.6 is 11.3 Å². The van der Waals surface area contributed by atoms with Gasteiger partial charge in [-0.3, -0.25) is 10.4 Å². The molecule has 0 unspecified atom stereocenters. The molecule has 1 saturated carbocycles. The number of nitrogens with one attached hydrogen (secondary N) is 2. The van der Waals surface area contributed by atoms with Crippen molar-refractivity contribution in [3.05, 3.63) is 16.6 Å². The highest BCUT2D eigenvalue weighted by atomic mass is 32.1. The number of rotatable bonds is 4. The first-order valence-corrected chi connectivity index (χ1v) is 7.42. The van der Waals surface area contributed by atoms with E-state index in [-0.39, 0.29) is 0 Å². The smallest absolute Gasteiger partial charge is 0.205 e. The minimum Gasteiger partial charge on any atom is -0.353 e. The fourth-order valence-electron chi connectivity index (χ4n) is 2.21. The summed E-state index contributed by atoms with van der Waals surface area (Å²) < 4.78 is 0. The molecule has 5 nitrogen and oxygen atoms in total. The van der Waals surface area contributed by atoms with Gasteiger partial charge in [-0.2, -0.15) is 0 Å². The van der Waals surface area contributed by atoms with Gasteiger partial charge in [0, 0.05) is 30.6 Å². The maximum absolute atomic E-state index is 5.49. The lowest BCUT2D eigenvalue weighted by Crippen LogP contribution is -2.47. The van der Waals surface area contributed by atoms with Crippen LogP contribution in [0.3, 0.4) is 0 Å². The number of nitrogens with two attached hydrogens (primary N) is 1. The molecule has 1 aliphatic rings. The predicted octanol–water partition coefficient (Wildman–Crippen LogP) is 1.43. The number of aliphatic imine (C=N–C) groups is 1. The van der Waals surface area contributed by atoms with E-state index in [4.69, 9.17) is 5.84 Å². The van der Waals surface area contributed by atoms with Crippen LogP contribution in [-0.4, -0.2) is 23.5 Å². The molecule has 0 atom stereocenters. The first-order chi connectivity index (χ1) is 8.88. The van der Waals surface area contributed by atoms with Gasteiger partial charge in [0.25, 0.3) is 0 Å². The van der Waals surface area contributed by atoms with Crippen molar-refractivity contribution >= 4 is 17.3 Å². The van der Waals surface area contributed by atoms with E-state index in [0.717, 1.165) is 11.4 Å². The maximum Gasteiger partial charge on any atom is 0.205 e. The van der Waals surface area contributed by atoms with Crippen molar-refractivity contribution in [3.8, 4) is 0 Å². The number of nitrogens with zero attached hydrogens (tertiary/aromatic N) is 2. The van der Waals surface area contributed by atoms with E-state index in [1.165, 1.54) is 32.1 Å². The number of aromatic nitrogens is 1. The fourth-order valence-corrected chi connectivity index (χ4v) is 2.82. The molecule has 0 bridgehead atoms. The summed E-state index contributed by atoms with van der Waals surface area (Å²) in [5, 5.41) is 6.49. The van der Waals surface area contributed by atoms with Crippen molar-refractivity contribution < 1.29 is 0 Å². The van der Waals surface area contributed by atoms with Crippen molar-refractivity contribution in [3.63, 3.8) is 0 Å². The Kier molecular flexibility index (Phi) is 5.41. The van der Waals surface area contributed by atoms with Gasteiger partial charge in [-0.05, 0) is 12.8 Å². The third-order valence-electron chi connectivity index (χ3n) is 3.16. The highest BCUT2D eigenvalue weighted by Gasteiger charge is 2.13. The average Bonchev–Trinajstić information content (AvgIpc) is 2.92. The molecule has 4 N–H and O–H groups in total. The molecule has 0 aromatic carbocycles. The Morgan fingerprint density at radius 1 is 1.44 bits per heavy atom. The van der Waals surface area contributed by atoms with Crippen LogP contribution in [0.25, 0.3) is 0 Å². The third kappa shape index (κ3) is 4.27. The monoisotopic (exact) mass is 267 g/mol. The zero-order valence-electron chi connectivity index (χ0n) is 10.6. The van der Waals surface area contributed by atoms with E-state index in [9.17, 15) is 0 Å². The molecule has 1 fully saturated rings. The van der Waals surface area contributed by atoms with Crippen molar-refractivity contribution in [2.75, 3.05) is 6.54 Å². The van der Waals surface area contributed by atoms with Crippen molar-refractivity contribution in [2.24, 2.45) is 10.8 Å². The Morgan fingerprint density at radius 3 is 2.94 bits per heavy atom. The molecule has 1 aliphatic carbocycles. The van der Waals surface area contributed by atoms with Gasteiger partial charge in [-0.1, -0.05) is 19.3 Å². The second kappa shape index (κ2) is 7.33. The Morgan fingerprint density at radius 2 is 2.28 bits per heavy atom. The lowest BCUT2D eigenvalue weighted by molar-refractivity contribution is 0.410. The third-order valence-corrected chi connectivity index (χ3v) is 4.00. The zero-order valence-corrected chi connectivity index (χ0v) is 11.4. The van der Waals surface area contributed by atoms with Gasteiger partial charge in [0.2, 0.25) is 5.96 Å². The van der Waals surface area contributed by atoms with Gasteiger partial charge in [0.05, 0.1) is 5.01 Å². The second-order valence-corrected chi connectivity index (χ2v) is 5.51. The van der Waals surface area contributed by atoms with Gasteiger partial charge < -0.3 is 5.32 Å². The molecular formula is C12H21N5S. The summed E-state index contributed by atoms with van der Waals surface area (Å²) in [6, 6.07) is 0.522. The molecule has 1 aromatic heterocycles. The topological polar surface area (TPSA) is 75.3 Å². The number of hydrogen-bond donors (Lipinski definition) is 3. The molecule has 0 saturated heterocycles. The summed E-state index contributed by atoms with van der Waals surface area (Å²) in [5.41, 5.74) is 2.65. The van der Waals surface area contributed by atoms with Crippen LogP contribution in [0.2, 0.25) is 0 Å². The Labute approximate surface area is 112 Å². The standard InChI is InChI=1S/C12H21N5S/c13-17-12(16-10-4-2-1-3-5-10)15-7-6-11-14-8-9-18-11/h8-10H,1-7,13H2,(H2,15,16,17). The van der Waals surface area contributed by atoms with Crippen LogP contribution in [-0.2, 0) is 6.42 Å². The molecule has 18 heavy (non-hydrogen) atoms. The average molecular weight is 267 g/mol. The molecular weight excluding hydrogens is 246 g/mol. The highest BCUT2D eigenvalue weighted by molar-refractivity contribution is 7.09. The summed E-state index contributed by atoms with van der Waals surface area (Å²) in [7, 11) is 0. The van der Waals surface area contributed by atoms with Crippen LogP contribution < -0.4 is 16.6 Å². The fraction of sp³-hybridized carbons (Fsp3) is 0.667. The van der Waals surface area contributed by atoms with Crippen molar-refractivity contribution in [1.29, 1.82) is 0 Å². The molecule has 0 amide bonds. The molecule has 1 aromatic rings. The summed E-state index contributed by atoms with van der Waals surface area (Å²) in [5.74, 6) is 6.20. The van der Waals surface area contributed by atoms with Gasteiger partial charge in [-0.25, -0.2) is 10.8 Å². The van der Waals surface area contributed by atoms with E-state index in [1.54, 1.807) is 11.3 Å². The Bertz CT molecular complexity index is 357. The first-order valence-electron chi connectivity index (χ1n) is 6.54. The first kappa shape index (κ1) is 13.3. The molecule has 100 valence electrons. The van der Waals surface area contributed by atoms with Gasteiger partial charge >= 0.3 is 0 Å². The molecule has 1 heterocycles. The van der Waals surface area contributed by atoms with Crippen molar-refractivity contribution in [2.45, 2.75) is 44.6 Å². The van der Waals surface area contributed by atoms with Gasteiger partial charge in [-0.15, -0.1) is 11.3 Å². The van der Waals surface area contributed by atoms with E-state index >= 15 is 0 Å². The van der Waals surface area contributed by atoms with E-state index in [1.807, 2.05) is 11.6 Å². The minimum absolute atomic E-state index is 0.522. The Hall–Kier alpha value is -1.14. The summed E-state index contributed by atoms with van der Waals surface area (Å²) in [4.78, 5) is 8.68. The van der Waals surface area contributed by atoms with Gasteiger partial charge in [0.15, 0.2) is 0 Å². The molecule has 0 spiro atoms. The Balaban J connectivity index is 1.76. The number of hydrogen-bond acceptors (Lipinski definition) is 4. The normalized spacial score (nSPS) is 17.7. The van der Waals surface area contributed by atoms with Crippen LogP contribution in [0, 0.1) is 0 Å². The molecule has 0 aliphatic heterocycles. The largest absolute Gasteiger partial charge is 0.353 e. The van der Waals surface area contributed by atoms with Crippen LogP contribution in [0.1, 0.15) is 37.1 Å². The van der Waals surface area contributed by atoms with Gasteiger partial charge in [0.1, 0.15) is 0 Å². The number of thiazole rings is 1. The van der Waals surface area contributed by atoms with E-state index in [0.29, 0.717) is 18.5 Å². The molecule has 6 heteroatoms. The van der Waals surface area contributed by atoms with Crippen LogP contribution in [0.4, 0.5) is 0 Å².